The molecule has 8 heteroatoms. The molecule has 0 saturated heterocycles. The lowest BCUT2D eigenvalue weighted by molar-refractivity contribution is 0.0691. The number of carbonyl (C=O) groups is 2. The van der Waals surface area contributed by atoms with Gasteiger partial charge in [0.2, 0.25) is 0 Å². The fraction of sp³-hybridized carbons (Fsp3) is 0.154. The van der Waals surface area contributed by atoms with E-state index in [1.165, 1.54) is 23.8 Å². The molecule has 4 N–H and O–H groups in total. The van der Waals surface area contributed by atoms with E-state index >= 15 is 0 Å². The van der Waals surface area contributed by atoms with Crippen LogP contribution in [0.1, 0.15) is 25.9 Å². The number of aromatic nitrogens is 1. The van der Waals surface area contributed by atoms with Crippen LogP contribution in [0, 0.1) is 0 Å². The molecular formula is C13H13N3O4S. The number of amides is 1. The number of methoxy groups -OCH3 is 1. The van der Waals surface area contributed by atoms with E-state index < -0.39 is 5.97 Å². The largest absolute Gasteiger partial charge is 0.497 e. The van der Waals surface area contributed by atoms with Gasteiger partial charge < -0.3 is 20.9 Å². The van der Waals surface area contributed by atoms with Crippen LogP contribution in [-0.2, 0) is 6.54 Å². The van der Waals surface area contributed by atoms with Crippen LogP contribution in [0.4, 0.5) is 5.69 Å². The maximum absolute atomic E-state index is 12.0. The Bertz CT molecular complexity index is 684. The number of nitrogens with one attached hydrogen (secondary N) is 1. The minimum absolute atomic E-state index is 0.0341. The molecule has 0 aliphatic rings. The van der Waals surface area contributed by atoms with Crippen LogP contribution >= 0.6 is 11.3 Å². The van der Waals surface area contributed by atoms with E-state index in [0.29, 0.717) is 22.0 Å². The molecule has 0 atom stereocenters. The fourth-order valence-corrected chi connectivity index (χ4v) is 2.32. The van der Waals surface area contributed by atoms with E-state index in [1.54, 1.807) is 18.2 Å². The molecule has 0 saturated carbocycles. The highest BCUT2D eigenvalue weighted by atomic mass is 32.1. The number of nitrogens with zero attached hydrogens (tertiary/aromatic N) is 1. The minimum Gasteiger partial charge on any atom is -0.497 e. The molecule has 0 spiro atoms. The number of hydrogen-bond acceptors (Lipinski definition) is 6. The van der Waals surface area contributed by atoms with Crippen molar-refractivity contribution in [3.05, 3.63) is 39.8 Å². The van der Waals surface area contributed by atoms with Gasteiger partial charge in [-0.15, -0.1) is 11.3 Å². The van der Waals surface area contributed by atoms with Crippen LogP contribution in [0.15, 0.2) is 23.6 Å². The van der Waals surface area contributed by atoms with E-state index in [1.807, 2.05) is 0 Å². The van der Waals surface area contributed by atoms with E-state index in [2.05, 4.69) is 10.3 Å². The number of nitrogens with two attached hydrogens (primary N) is 1. The van der Waals surface area contributed by atoms with Crippen LogP contribution in [-0.4, -0.2) is 29.1 Å². The van der Waals surface area contributed by atoms with Gasteiger partial charge in [-0.25, -0.2) is 9.78 Å². The molecular weight excluding hydrogens is 294 g/mol. The molecule has 110 valence electrons. The van der Waals surface area contributed by atoms with Crippen LogP contribution in [0.5, 0.6) is 5.75 Å². The smallest absolute Gasteiger partial charge is 0.355 e. The Hall–Kier alpha value is -2.61. The summed E-state index contributed by atoms with van der Waals surface area (Å²) in [6.07, 6.45) is 0. The van der Waals surface area contributed by atoms with E-state index in [4.69, 9.17) is 15.6 Å². The third-order valence-corrected chi connectivity index (χ3v) is 3.52. The number of nitrogen functional groups attached to an aromatic ring is 1. The molecule has 1 amide bonds. The molecule has 0 fully saturated rings. The lowest BCUT2D eigenvalue weighted by Gasteiger charge is -2.08. The van der Waals surface area contributed by atoms with Gasteiger partial charge in [0.25, 0.3) is 5.91 Å². The Balaban J connectivity index is 2.02. The average molecular weight is 307 g/mol. The summed E-state index contributed by atoms with van der Waals surface area (Å²) < 4.78 is 5.01. The standard InChI is InChI=1S/C13H13N3O4S/c1-20-7-2-3-8(9(14)4-7)12(17)15-5-11-16-10(6-21-11)13(18)19/h2-4,6H,5,14H2,1H3,(H,15,17)(H,18,19). The molecule has 1 heterocycles. The summed E-state index contributed by atoms with van der Waals surface area (Å²) in [5.74, 6) is -0.888. The monoisotopic (exact) mass is 307 g/mol. The second-order valence-corrected chi connectivity index (χ2v) is 5.01. The number of carboxylic acid groups (broad SMARTS) is 1. The van der Waals surface area contributed by atoms with Gasteiger partial charge in [-0.05, 0) is 12.1 Å². The van der Waals surface area contributed by atoms with Crippen molar-refractivity contribution < 1.29 is 19.4 Å². The Morgan fingerprint density at radius 3 is 2.81 bits per heavy atom. The molecule has 1 aromatic carbocycles. The summed E-state index contributed by atoms with van der Waals surface area (Å²) >= 11 is 1.17. The summed E-state index contributed by atoms with van der Waals surface area (Å²) in [7, 11) is 1.51. The lowest BCUT2D eigenvalue weighted by atomic mass is 10.1. The number of benzene rings is 1. The number of rotatable bonds is 5. The van der Waals surface area contributed by atoms with Crippen molar-refractivity contribution in [3.63, 3.8) is 0 Å². The summed E-state index contributed by atoms with van der Waals surface area (Å²) in [6.45, 7) is 0.141. The van der Waals surface area contributed by atoms with Gasteiger partial charge in [0, 0.05) is 17.1 Å². The topological polar surface area (TPSA) is 115 Å². The van der Waals surface area contributed by atoms with Crippen molar-refractivity contribution in [1.29, 1.82) is 0 Å². The number of ether oxygens (including phenoxy) is 1. The molecule has 7 nitrogen and oxygen atoms in total. The average Bonchev–Trinajstić information content (AvgIpc) is 2.93. The van der Waals surface area contributed by atoms with Crippen LogP contribution in [0.25, 0.3) is 0 Å². The normalized spacial score (nSPS) is 10.1. The minimum atomic E-state index is -1.09. The molecule has 2 aromatic rings. The zero-order valence-electron chi connectivity index (χ0n) is 11.1. The van der Waals surface area contributed by atoms with Crippen molar-refractivity contribution in [1.82, 2.24) is 10.3 Å². The predicted molar refractivity (Wildman–Crippen MR) is 77.6 cm³/mol. The van der Waals surface area contributed by atoms with Crippen LogP contribution in [0.2, 0.25) is 0 Å². The van der Waals surface area contributed by atoms with Crippen LogP contribution < -0.4 is 15.8 Å². The van der Waals surface area contributed by atoms with Crippen LogP contribution in [0.3, 0.4) is 0 Å². The number of aromatic carboxylic acids is 1. The van der Waals surface area contributed by atoms with Crippen molar-refractivity contribution in [2.75, 3.05) is 12.8 Å². The molecule has 21 heavy (non-hydrogen) atoms. The molecule has 0 unspecified atom stereocenters. The van der Waals surface area contributed by atoms with Crippen molar-refractivity contribution in [2.45, 2.75) is 6.54 Å². The first kappa shape index (κ1) is 14.8. The molecule has 2 rings (SSSR count). The van der Waals surface area contributed by atoms with Gasteiger partial charge in [0.05, 0.1) is 19.2 Å². The second-order valence-electron chi connectivity index (χ2n) is 4.07. The van der Waals surface area contributed by atoms with E-state index in [9.17, 15) is 9.59 Å². The fourth-order valence-electron chi connectivity index (χ4n) is 1.62. The van der Waals surface area contributed by atoms with Crippen molar-refractivity contribution in [2.24, 2.45) is 0 Å². The Labute approximate surface area is 124 Å². The highest BCUT2D eigenvalue weighted by molar-refractivity contribution is 7.09. The first-order valence-electron chi connectivity index (χ1n) is 5.90. The SMILES string of the molecule is COc1ccc(C(=O)NCc2nc(C(=O)O)cs2)c(N)c1. The summed E-state index contributed by atoms with van der Waals surface area (Å²) in [4.78, 5) is 26.6. The number of thiazole rings is 1. The third-order valence-electron chi connectivity index (χ3n) is 2.67. The van der Waals surface area contributed by atoms with Gasteiger partial charge in [-0.3, -0.25) is 4.79 Å². The van der Waals surface area contributed by atoms with E-state index in [0.717, 1.165) is 0 Å². The highest BCUT2D eigenvalue weighted by Gasteiger charge is 2.12. The molecule has 0 aliphatic carbocycles. The van der Waals surface area contributed by atoms with Crippen molar-refractivity contribution in [3.8, 4) is 5.75 Å². The number of carbonyl (C=O) groups excluding carboxylic acids is 1. The summed E-state index contributed by atoms with van der Waals surface area (Å²) in [5, 5.41) is 13.3. The Kier molecular flexibility index (Phi) is 4.39. The Morgan fingerprint density at radius 1 is 1.48 bits per heavy atom. The van der Waals surface area contributed by atoms with Gasteiger partial charge in [0.1, 0.15) is 10.8 Å². The molecule has 0 aliphatic heterocycles. The first-order chi connectivity index (χ1) is 10.0. The number of anilines is 1. The third kappa shape index (κ3) is 3.48. The summed E-state index contributed by atoms with van der Waals surface area (Å²) in [6, 6.07) is 4.76. The number of hydrogen-bond donors (Lipinski definition) is 3. The molecule has 0 bridgehead atoms. The zero-order chi connectivity index (χ0) is 15.4. The van der Waals surface area contributed by atoms with Gasteiger partial charge in [0.15, 0.2) is 5.69 Å². The summed E-state index contributed by atoms with van der Waals surface area (Å²) in [5.41, 5.74) is 6.37. The maximum atomic E-state index is 12.0. The Morgan fingerprint density at radius 2 is 2.24 bits per heavy atom. The van der Waals surface area contributed by atoms with Gasteiger partial charge in [-0.1, -0.05) is 0 Å². The number of carboxylic acids is 1. The van der Waals surface area contributed by atoms with Gasteiger partial charge in [-0.2, -0.15) is 0 Å². The second kappa shape index (κ2) is 6.23. The zero-order valence-corrected chi connectivity index (χ0v) is 11.9. The highest BCUT2D eigenvalue weighted by Crippen LogP contribution is 2.19. The predicted octanol–water partition coefficient (Wildman–Crippen LogP) is 1.36. The first-order valence-corrected chi connectivity index (χ1v) is 6.78. The van der Waals surface area contributed by atoms with Gasteiger partial charge >= 0.3 is 5.97 Å². The van der Waals surface area contributed by atoms with E-state index in [-0.39, 0.29) is 18.1 Å². The van der Waals surface area contributed by atoms with Crippen molar-refractivity contribution >= 4 is 28.9 Å². The molecule has 1 aromatic heterocycles. The quantitative estimate of drug-likeness (QED) is 0.719. The maximum Gasteiger partial charge on any atom is 0.355 e. The lowest BCUT2D eigenvalue weighted by Crippen LogP contribution is -2.23. The molecule has 0 radical (unpaired) electrons.